The summed E-state index contributed by atoms with van der Waals surface area (Å²) in [5, 5.41) is 10.6. The Morgan fingerprint density at radius 2 is 1.57 bits per heavy atom. The summed E-state index contributed by atoms with van der Waals surface area (Å²) in [7, 11) is 0. The molecule has 2 fully saturated rings. The number of likely N-dealkylation sites (tertiary alicyclic amines) is 1. The summed E-state index contributed by atoms with van der Waals surface area (Å²) in [6, 6.07) is 0. The number of amides is 1. The van der Waals surface area contributed by atoms with E-state index in [9.17, 15) is 9.90 Å². The van der Waals surface area contributed by atoms with Crippen LogP contribution in [0.2, 0.25) is 0 Å². The second-order valence-electron chi connectivity index (χ2n) is 7.69. The van der Waals surface area contributed by atoms with Crippen LogP contribution >= 0.6 is 0 Å². The van der Waals surface area contributed by atoms with Crippen LogP contribution in [0.1, 0.15) is 65.7 Å². The molecule has 1 unspecified atom stereocenters. The van der Waals surface area contributed by atoms with E-state index >= 15 is 0 Å². The molecule has 0 radical (unpaired) electrons. The standard InChI is InChI=1S/C17H31NO3/c1-17(2,3)21-16(20)18-11-9-14(10-12-18)15(19)13-7-5-4-6-8-13/h13-15,19H,4-12H2,1-3H3. The lowest BCUT2D eigenvalue weighted by Crippen LogP contribution is -2.45. The second kappa shape index (κ2) is 6.99. The van der Waals surface area contributed by atoms with Crippen LogP contribution in [0, 0.1) is 11.8 Å². The second-order valence-corrected chi connectivity index (χ2v) is 7.69. The van der Waals surface area contributed by atoms with E-state index in [0.29, 0.717) is 24.9 Å². The van der Waals surface area contributed by atoms with Gasteiger partial charge in [0.1, 0.15) is 5.60 Å². The number of rotatable bonds is 2. The van der Waals surface area contributed by atoms with Crippen molar-refractivity contribution in [1.29, 1.82) is 0 Å². The van der Waals surface area contributed by atoms with Crippen molar-refractivity contribution in [3.63, 3.8) is 0 Å². The van der Waals surface area contributed by atoms with Crippen LogP contribution in [0.25, 0.3) is 0 Å². The maximum absolute atomic E-state index is 12.0. The van der Waals surface area contributed by atoms with Crippen LogP contribution < -0.4 is 0 Å². The van der Waals surface area contributed by atoms with Gasteiger partial charge in [-0.1, -0.05) is 19.3 Å². The lowest BCUT2D eigenvalue weighted by atomic mass is 9.77. The summed E-state index contributed by atoms with van der Waals surface area (Å²) >= 11 is 0. The van der Waals surface area contributed by atoms with Crippen molar-refractivity contribution in [3.05, 3.63) is 0 Å². The molecule has 122 valence electrons. The molecule has 0 aromatic carbocycles. The molecule has 1 atom stereocenters. The van der Waals surface area contributed by atoms with Crippen molar-refractivity contribution in [2.24, 2.45) is 11.8 Å². The fourth-order valence-corrected chi connectivity index (χ4v) is 3.61. The zero-order valence-corrected chi connectivity index (χ0v) is 13.8. The number of nitrogens with zero attached hydrogens (tertiary/aromatic N) is 1. The number of carbonyl (C=O) groups is 1. The van der Waals surface area contributed by atoms with Crippen molar-refractivity contribution < 1.29 is 14.6 Å². The summed E-state index contributed by atoms with van der Waals surface area (Å²) in [4.78, 5) is 13.8. The first-order valence-electron chi connectivity index (χ1n) is 8.53. The Morgan fingerprint density at radius 3 is 2.10 bits per heavy atom. The smallest absolute Gasteiger partial charge is 0.410 e. The lowest BCUT2D eigenvalue weighted by Gasteiger charge is -2.38. The average Bonchev–Trinajstić information content (AvgIpc) is 2.46. The number of aliphatic hydroxyl groups is 1. The van der Waals surface area contributed by atoms with Gasteiger partial charge in [0.15, 0.2) is 0 Å². The number of carbonyl (C=O) groups excluding carboxylic acids is 1. The lowest BCUT2D eigenvalue weighted by molar-refractivity contribution is -0.00982. The molecule has 1 N–H and O–H groups in total. The highest BCUT2D eigenvalue weighted by molar-refractivity contribution is 5.68. The first kappa shape index (κ1) is 16.6. The molecule has 1 saturated heterocycles. The largest absolute Gasteiger partial charge is 0.444 e. The van der Waals surface area contributed by atoms with Crippen LogP contribution in [0.15, 0.2) is 0 Å². The minimum absolute atomic E-state index is 0.175. The van der Waals surface area contributed by atoms with Crippen LogP contribution in [-0.2, 0) is 4.74 Å². The summed E-state index contributed by atoms with van der Waals surface area (Å²) in [5.41, 5.74) is -0.435. The van der Waals surface area contributed by atoms with Gasteiger partial charge in [-0.3, -0.25) is 0 Å². The molecule has 0 bridgehead atoms. The topological polar surface area (TPSA) is 49.8 Å². The molecule has 0 spiro atoms. The Morgan fingerprint density at radius 1 is 1.05 bits per heavy atom. The van der Waals surface area contributed by atoms with Gasteiger partial charge in [-0.25, -0.2) is 4.79 Å². The molecule has 0 aromatic rings. The van der Waals surface area contributed by atoms with E-state index in [1.165, 1.54) is 32.1 Å². The molecule has 1 amide bonds. The van der Waals surface area contributed by atoms with Crippen LogP contribution in [0.5, 0.6) is 0 Å². The van der Waals surface area contributed by atoms with Crippen molar-refractivity contribution in [1.82, 2.24) is 4.90 Å². The van der Waals surface area contributed by atoms with Gasteiger partial charge in [-0.2, -0.15) is 0 Å². The molecule has 2 aliphatic rings. The van der Waals surface area contributed by atoms with E-state index in [2.05, 4.69) is 0 Å². The number of hydrogen-bond acceptors (Lipinski definition) is 3. The third-order valence-electron chi connectivity index (χ3n) is 4.81. The highest BCUT2D eigenvalue weighted by atomic mass is 16.6. The highest BCUT2D eigenvalue weighted by Crippen LogP contribution is 2.33. The van der Waals surface area contributed by atoms with Gasteiger partial charge in [0.2, 0.25) is 0 Å². The Labute approximate surface area is 128 Å². The maximum atomic E-state index is 12.0. The molecule has 1 aliphatic heterocycles. The first-order valence-corrected chi connectivity index (χ1v) is 8.53. The van der Waals surface area contributed by atoms with E-state index < -0.39 is 5.60 Å². The zero-order chi connectivity index (χ0) is 15.5. The quantitative estimate of drug-likeness (QED) is 0.847. The fraction of sp³-hybridized carbons (Fsp3) is 0.941. The Balaban J connectivity index is 1.78. The minimum Gasteiger partial charge on any atom is -0.444 e. The van der Waals surface area contributed by atoms with E-state index in [4.69, 9.17) is 4.74 Å². The summed E-state index contributed by atoms with van der Waals surface area (Å²) in [6.45, 7) is 7.10. The van der Waals surface area contributed by atoms with Gasteiger partial charge in [0.25, 0.3) is 0 Å². The third-order valence-corrected chi connectivity index (χ3v) is 4.81. The van der Waals surface area contributed by atoms with Crippen LogP contribution in [0.3, 0.4) is 0 Å². The van der Waals surface area contributed by atoms with Gasteiger partial charge in [-0.15, -0.1) is 0 Å². The summed E-state index contributed by atoms with van der Waals surface area (Å²) in [5.74, 6) is 0.837. The van der Waals surface area contributed by atoms with Gasteiger partial charge >= 0.3 is 6.09 Å². The molecule has 0 aromatic heterocycles. The van der Waals surface area contributed by atoms with E-state index in [-0.39, 0.29) is 12.2 Å². The van der Waals surface area contributed by atoms with Gasteiger partial charge in [-0.05, 0) is 58.3 Å². The predicted molar refractivity (Wildman–Crippen MR) is 83.1 cm³/mol. The minimum atomic E-state index is -0.435. The molecule has 1 saturated carbocycles. The Hall–Kier alpha value is -0.770. The molecule has 2 rings (SSSR count). The number of hydrogen-bond donors (Lipinski definition) is 1. The SMILES string of the molecule is CC(C)(C)OC(=O)N1CCC(C(O)C2CCCCC2)CC1. The molecule has 4 nitrogen and oxygen atoms in total. The van der Waals surface area contributed by atoms with E-state index in [0.717, 1.165) is 12.8 Å². The van der Waals surface area contributed by atoms with Crippen molar-refractivity contribution in [2.45, 2.75) is 77.4 Å². The number of piperidine rings is 1. The Kier molecular flexibility index (Phi) is 5.53. The summed E-state index contributed by atoms with van der Waals surface area (Å²) < 4.78 is 5.41. The number of ether oxygens (including phenoxy) is 1. The summed E-state index contributed by atoms with van der Waals surface area (Å²) in [6.07, 6.45) is 7.60. The third kappa shape index (κ3) is 4.87. The van der Waals surface area contributed by atoms with Crippen molar-refractivity contribution in [2.75, 3.05) is 13.1 Å². The average molecular weight is 297 g/mol. The fourth-order valence-electron chi connectivity index (χ4n) is 3.61. The van der Waals surface area contributed by atoms with Gasteiger partial charge < -0.3 is 14.7 Å². The van der Waals surface area contributed by atoms with E-state index in [1.807, 2.05) is 20.8 Å². The number of aliphatic hydroxyl groups excluding tert-OH is 1. The van der Waals surface area contributed by atoms with Crippen molar-refractivity contribution >= 4 is 6.09 Å². The van der Waals surface area contributed by atoms with E-state index in [1.54, 1.807) is 4.90 Å². The normalized spacial score (nSPS) is 23.9. The monoisotopic (exact) mass is 297 g/mol. The molecule has 4 heteroatoms. The molecular formula is C17H31NO3. The molecule has 1 aliphatic carbocycles. The highest BCUT2D eigenvalue weighted by Gasteiger charge is 2.33. The van der Waals surface area contributed by atoms with Gasteiger partial charge in [0, 0.05) is 13.1 Å². The first-order chi connectivity index (χ1) is 9.87. The van der Waals surface area contributed by atoms with Crippen molar-refractivity contribution in [3.8, 4) is 0 Å². The van der Waals surface area contributed by atoms with Crippen LogP contribution in [0.4, 0.5) is 4.79 Å². The zero-order valence-electron chi connectivity index (χ0n) is 13.8. The predicted octanol–water partition coefficient (Wildman–Crippen LogP) is 3.57. The molecular weight excluding hydrogens is 266 g/mol. The maximum Gasteiger partial charge on any atom is 0.410 e. The Bertz CT molecular complexity index is 336. The van der Waals surface area contributed by atoms with Gasteiger partial charge in [0.05, 0.1) is 6.10 Å². The van der Waals surface area contributed by atoms with Crippen LogP contribution in [-0.4, -0.2) is 40.9 Å². The molecule has 1 heterocycles. The molecule has 21 heavy (non-hydrogen) atoms.